The first-order chi connectivity index (χ1) is 9.78. The van der Waals surface area contributed by atoms with Gasteiger partial charge in [0.15, 0.2) is 0 Å². The molecule has 0 spiro atoms. The third-order valence-corrected chi connectivity index (χ3v) is 4.01. The van der Waals surface area contributed by atoms with Crippen LogP contribution in [-0.4, -0.2) is 28.3 Å². The highest BCUT2D eigenvalue weighted by Crippen LogP contribution is 2.36. The molecule has 0 aromatic heterocycles. The predicted molar refractivity (Wildman–Crippen MR) is 77.0 cm³/mol. The van der Waals surface area contributed by atoms with E-state index in [0.717, 1.165) is 0 Å². The van der Waals surface area contributed by atoms with Crippen LogP contribution >= 0.6 is 11.6 Å². The number of nitrogens with zero attached hydrogens (tertiary/aromatic N) is 1. The van der Waals surface area contributed by atoms with Gasteiger partial charge in [-0.3, -0.25) is 9.59 Å². The van der Waals surface area contributed by atoms with E-state index in [2.05, 4.69) is 0 Å². The fourth-order valence-electron chi connectivity index (χ4n) is 2.84. The first-order valence-electron chi connectivity index (χ1n) is 6.65. The highest BCUT2D eigenvalue weighted by atomic mass is 35.5. The van der Waals surface area contributed by atoms with Crippen molar-refractivity contribution in [3.63, 3.8) is 0 Å². The Morgan fingerprint density at radius 3 is 2.76 bits per heavy atom. The molecule has 0 aliphatic carbocycles. The molecule has 1 fully saturated rings. The lowest BCUT2D eigenvalue weighted by atomic mass is 9.82. The number of esters is 1. The van der Waals surface area contributed by atoms with Crippen LogP contribution in [0.1, 0.15) is 37.0 Å². The summed E-state index contributed by atoms with van der Waals surface area (Å²) in [4.78, 5) is 24.4. The molecule has 1 atom stereocenters. The molecule has 2 heterocycles. The predicted octanol–water partition coefficient (Wildman–Crippen LogP) is 2.85. The molecule has 1 aromatic carbocycles. The van der Waals surface area contributed by atoms with Gasteiger partial charge in [0, 0.05) is 17.5 Å². The van der Waals surface area contributed by atoms with Gasteiger partial charge in [0.1, 0.15) is 0 Å². The normalized spacial score (nSPS) is 24.0. The van der Waals surface area contributed by atoms with Gasteiger partial charge in [-0.05, 0) is 17.5 Å². The lowest BCUT2D eigenvalue weighted by Crippen LogP contribution is -2.41. The number of hydrogen-bond acceptors (Lipinski definition) is 4. The molecule has 110 valence electrons. The molecule has 0 saturated carbocycles. The molecule has 3 rings (SSSR count). The van der Waals surface area contributed by atoms with E-state index in [1.54, 1.807) is 6.07 Å². The SMILES string of the molecule is CC1(C)CC(=O)OC2C(=O)c3cc(Cl)ccc3[N+]([O-])=C2C1. The van der Waals surface area contributed by atoms with Gasteiger partial charge in [0.2, 0.25) is 23.3 Å². The lowest BCUT2D eigenvalue weighted by molar-refractivity contribution is -0.368. The van der Waals surface area contributed by atoms with E-state index in [4.69, 9.17) is 16.3 Å². The summed E-state index contributed by atoms with van der Waals surface area (Å²) in [6.45, 7) is 3.75. The first-order valence-corrected chi connectivity index (χ1v) is 7.02. The number of halogens is 1. The summed E-state index contributed by atoms with van der Waals surface area (Å²) in [5.41, 5.74) is 0.308. The molecular formula is C15H14ClNO4. The van der Waals surface area contributed by atoms with Crippen LogP contribution in [0.2, 0.25) is 5.02 Å². The number of hydrogen-bond donors (Lipinski definition) is 0. The summed E-state index contributed by atoms with van der Waals surface area (Å²) in [6.07, 6.45) is -0.630. The van der Waals surface area contributed by atoms with Crippen LogP contribution in [0.3, 0.4) is 0 Å². The summed E-state index contributed by atoms with van der Waals surface area (Å²) in [7, 11) is 0. The fourth-order valence-corrected chi connectivity index (χ4v) is 3.01. The minimum atomic E-state index is -1.14. The Morgan fingerprint density at radius 1 is 1.33 bits per heavy atom. The average molecular weight is 308 g/mol. The summed E-state index contributed by atoms with van der Waals surface area (Å²) in [6, 6.07) is 4.52. The highest BCUT2D eigenvalue weighted by molar-refractivity contribution is 6.31. The third kappa shape index (κ3) is 2.31. The van der Waals surface area contributed by atoms with Crippen molar-refractivity contribution in [3.05, 3.63) is 34.0 Å². The Morgan fingerprint density at radius 2 is 2.05 bits per heavy atom. The number of fused-ring (bicyclic) bond motifs is 2. The zero-order chi connectivity index (χ0) is 15.4. The van der Waals surface area contributed by atoms with Crippen molar-refractivity contribution < 1.29 is 19.1 Å². The summed E-state index contributed by atoms with van der Waals surface area (Å²) in [5, 5.41) is 12.9. The Bertz CT molecular complexity index is 693. The topological polar surface area (TPSA) is 69.4 Å². The molecule has 2 aliphatic heterocycles. The van der Waals surface area contributed by atoms with Crippen molar-refractivity contribution in [2.75, 3.05) is 0 Å². The number of carbonyl (C=O) groups excluding carboxylic acids is 2. The average Bonchev–Trinajstić information content (AvgIpc) is 2.51. The van der Waals surface area contributed by atoms with Crippen molar-refractivity contribution in [3.8, 4) is 0 Å². The molecule has 5 nitrogen and oxygen atoms in total. The molecule has 0 radical (unpaired) electrons. The third-order valence-electron chi connectivity index (χ3n) is 3.78. The van der Waals surface area contributed by atoms with Crippen molar-refractivity contribution in [1.82, 2.24) is 0 Å². The summed E-state index contributed by atoms with van der Waals surface area (Å²) < 4.78 is 5.93. The van der Waals surface area contributed by atoms with Crippen molar-refractivity contribution in [2.24, 2.45) is 5.41 Å². The van der Waals surface area contributed by atoms with Crippen LogP contribution in [0.25, 0.3) is 0 Å². The van der Waals surface area contributed by atoms with Crippen LogP contribution in [0.15, 0.2) is 18.2 Å². The van der Waals surface area contributed by atoms with E-state index in [-0.39, 0.29) is 29.2 Å². The zero-order valence-electron chi connectivity index (χ0n) is 11.7. The minimum absolute atomic E-state index is 0.172. The summed E-state index contributed by atoms with van der Waals surface area (Å²) >= 11 is 5.88. The second kappa shape index (κ2) is 4.56. The quantitative estimate of drug-likeness (QED) is 0.420. The molecule has 0 bridgehead atoms. The van der Waals surface area contributed by atoms with Crippen molar-refractivity contribution in [1.29, 1.82) is 0 Å². The molecule has 0 amide bonds. The molecule has 1 unspecified atom stereocenters. The second-order valence-corrected chi connectivity index (χ2v) is 6.64. The van der Waals surface area contributed by atoms with Crippen molar-refractivity contribution >= 4 is 34.8 Å². The Kier molecular flexibility index (Phi) is 3.06. The van der Waals surface area contributed by atoms with Crippen LogP contribution in [-0.2, 0) is 9.53 Å². The van der Waals surface area contributed by atoms with Gasteiger partial charge in [-0.2, -0.15) is 4.74 Å². The standard InChI is InChI=1S/C15H14ClNO4/c1-15(2)6-11-14(21-12(18)7-15)13(19)9-5-8(16)3-4-10(9)17(11)20/h3-5,14H,6-7H2,1-2H3. The number of Topliss-reactive ketones (excluding diaryl/α,β-unsaturated/α-hetero) is 1. The first kappa shape index (κ1) is 14.1. The number of rotatable bonds is 0. The van der Waals surface area contributed by atoms with Gasteiger partial charge < -0.3 is 9.94 Å². The van der Waals surface area contributed by atoms with E-state index >= 15 is 0 Å². The molecule has 21 heavy (non-hydrogen) atoms. The number of ether oxygens (including phenoxy) is 1. The van der Waals surface area contributed by atoms with E-state index in [9.17, 15) is 14.8 Å². The molecule has 0 N–H and O–H groups in total. The maximum Gasteiger partial charge on any atom is 0.307 e. The molecule has 6 heteroatoms. The molecule has 2 aliphatic rings. The largest absolute Gasteiger partial charge is 0.618 e. The van der Waals surface area contributed by atoms with Gasteiger partial charge in [-0.1, -0.05) is 25.4 Å². The summed E-state index contributed by atoms with van der Waals surface area (Å²) in [5.74, 6) is -0.854. The van der Waals surface area contributed by atoms with Gasteiger partial charge in [-0.25, -0.2) is 0 Å². The van der Waals surface area contributed by atoms with Crippen LogP contribution in [0, 0.1) is 10.6 Å². The number of carbonyl (C=O) groups is 2. The van der Waals surface area contributed by atoms with Gasteiger partial charge in [-0.15, -0.1) is 0 Å². The Balaban J connectivity index is 2.20. The van der Waals surface area contributed by atoms with E-state index < -0.39 is 17.5 Å². The van der Waals surface area contributed by atoms with Crippen LogP contribution in [0.5, 0.6) is 0 Å². The molecular weight excluding hydrogens is 294 g/mol. The monoisotopic (exact) mass is 307 g/mol. The Hall–Kier alpha value is -1.88. The van der Waals surface area contributed by atoms with E-state index in [0.29, 0.717) is 16.2 Å². The highest BCUT2D eigenvalue weighted by Gasteiger charge is 2.47. The Labute approximate surface area is 126 Å². The lowest BCUT2D eigenvalue weighted by Gasteiger charge is -2.24. The van der Waals surface area contributed by atoms with Gasteiger partial charge in [0.05, 0.1) is 12.0 Å². The second-order valence-electron chi connectivity index (χ2n) is 6.20. The van der Waals surface area contributed by atoms with Crippen molar-refractivity contribution in [2.45, 2.75) is 32.8 Å². The van der Waals surface area contributed by atoms with E-state index in [1.807, 2.05) is 13.8 Å². The van der Waals surface area contributed by atoms with Crippen LogP contribution in [0.4, 0.5) is 5.69 Å². The fraction of sp³-hybridized carbons (Fsp3) is 0.400. The molecule has 1 aromatic rings. The minimum Gasteiger partial charge on any atom is -0.618 e. The van der Waals surface area contributed by atoms with Gasteiger partial charge in [0.25, 0.3) is 0 Å². The maximum absolute atomic E-state index is 12.5. The number of ketones is 1. The smallest absolute Gasteiger partial charge is 0.307 e. The van der Waals surface area contributed by atoms with E-state index in [1.165, 1.54) is 12.1 Å². The molecule has 1 saturated heterocycles. The number of benzene rings is 1. The van der Waals surface area contributed by atoms with Gasteiger partial charge >= 0.3 is 5.97 Å². The van der Waals surface area contributed by atoms with Crippen LogP contribution < -0.4 is 0 Å². The zero-order valence-corrected chi connectivity index (χ0v) is 12.4. The maximum atomic E-state index is 12.5.